The van der Waals surface area contributed by atoms with Crippen molar-refractivity contribution in [3.63, 3.8) is 0 Å². The maximum absolute atomic E-state index is 12.2. The van der Waals surface area contributed by atoms with Gasteiger partial charge in [-0.15, -0.1) is 12.4 Å². The van der Waals surface area contributed by atoms with Gasteiger partial charge in [0.15, 0.2) is 0 Å². The monoisotopic (exact) mass is 298 g/mol. The molecule has 1 aliphatic heterocycles. The van der Waals surface area contributed by atoms with E-state index in [0.29, 0.717) is 0 Å². The molecule has 20 heavy (non-hydrogen) atoms. The number of halogens is 1. The first kappa shape index (κ1) is 16.8. The van der Waals surface area contributed by atoms with E-state index in [9.17, 15) is 4.79 Å². The summed E-state index contributed by atoms with van der Waals surface area (Å²) >= 11 is 0. The first-order valence-electron chi connectivity index (χ1n) is 6.94. The van der Waals surface area contributed by atoms with E-state index < -0.39 is 0 Å². The molecule has 0 aromatic heterocycles. The smallest absolute Gasteiger partial charge is 0.228 e. The molecule has 0 aliphatic carbocycles. The molecule has 2 rings (SSSR count). The molecule has 1 fully saturated rings. The van der Waals surface area contributed by atoms with Crippen molar-refractivity contribution in [3.8, 4) is 5.75 Å². The van der Waals surface area contributed by atoms with E-state index in [0.717, 1.165) is 37.4 Å². The molecule has 0 spiro atoms. The lowest BCUT2D eigenvalue weighted by Crippen LogP contribution is -2.37. The van der Waals surface area contributed by atoms with Crippen LogP contribution in [-0.4, -0.2) is 25.1 Å². The SMILES string of the molecule is CC(C)Oc1ccccc1NC(=O)[C@@H]1CCCNC1.Cl. The molecule has 1 aromatic carbocycles. The number of anilines is 1. The average molecular weight is 299 g/mol. The van der Waals surface area contributed by atoms with Crippen molar-refractivity contribution in [1.82, 2.24) is 5.32 Å². The topological polar surface area (TPSA) is 50.4 Å². The van der Waals surface area contributed by atoms with Crippen LogP contribution in [0.3, 0.4) is 0 Å². The molecule has 1 heterocycles. The summed E-state index contributed by atoms with van der Waals surface area (Å²) in [5.74, 6) is 0.863. The third-order valence-electron chi connectivity index (χ3n) is 3.18. The van der Waals surface area contributed by atoms with Gasteiger partial charge in [-0.3, -0.25) is 4.79 Å². The predicted octanol–water partition coefficient (Wildman–Crippen LogP) is 2.83. The molecule has 1 aliphatic rings. The van der Waals surface area contributed by atoms with Crippen molar-refractivity contribution in [3.05, 3.63) is 24.3 Å². The Balaban J connectivity index is 0.00000200. The zero-order valence-electron chi connectivity index (χ0n) is 12.0. The third-order valence-corrected chi connectivity index (χ3v) is 3.18. The Kier molecular flexibility index (Phi) is 6.82. The van der Waals surface area contributed by atoms with Gasteiger partial charge < -0.3 is 15.4 Å². The highest BCUT2D eigenvalue weighted by Crippen LogP contribution is 2.26. The zero-order valence-corrected chi connectivity index (χ0v) is 12.8. The van der Waals surface area contributed by atoms with E-state index >= 15 is 0 Å². The van der Waals surface area contributed by atoms with Crippen molar-refractivity contribution in [2.75, 3.05) is 18.4 Å². The number of para-hydroxylation sites is 2. The number of hydrogen-bond acceptors (Lipinski definition) is 3. The number of hydrogen-bond donors (Lipinski definition) is 2. The van der Waals surface area contributed by atoms with Crippen LogP contribution in [0.5, 0.6) is 5.75 Å². The zero-order chi connectivity index (χ0) is 13.7. The number of carbonyl (C=O) groups is 1. The average Bonchev–Trinajstić information content (AvgIpc) is 2.41. The molecule has 2 N–H and O–H groups in total. The summed E-state index contributed by atoms with van der Waals surface area (Å²) in [5.41, 5.74) is 0.756. The standard InChI is InChI=1S/C15H22N2O2.ClH/c1-11(2)19-14-8-4-3-7-13(14)17-15(18)12-6-5-9-16-10-12;/h3-4,7-8,11-12,16H,5-6,9-10H2,1-2H3,(H,17,18);1H/t12-;/m1./s1. The molecule has 1 aromatic rings. The Morgan fingerprint density at radius 2 is 2.15 bits per heavy atom. The Morgan fingerprint density at radius 3 is 2.80 bits per heavy atom. The van der Waals surface area contributed by atoms with E-state index in [4.69, 9.17) is 4.74 Å². The quantitative estimate of drug-likeness (QED) is 0.899. The first-order chi connectivity index (χ1) is 9.16. The van der Waals surface area contributed by atoms with Gasteiger partial charge in [-0.2, -0.15) is 0 Å². The fourth-order valence-corrected chi connectivity index (χ4v) is 2.24. The van der Waals surface area contributed by atoms with Crippen LogP contribution in [0.1, 0.15) is 26.7 Å². The van der Waals surface area contributed by atoms with Gasteiger partial charge in [0.2, 0.25) is 5.91 Å². The van der Waals surface area contributed by atoms with Gasteiger partial charge in [0.1, 0.15) is 5.75 Å². The molecule has 1 atom stereocenters. The van der Waals surface area contributed by atoms with Gasteiger partial charge in [-0.25, -0.2) is 0 Å². The highest BCUT2D eigenvalue weighted by atomic mass is 35.5. The van der Waals surface area contributed by atoms with E-state index in [1.807, 2.05) is 38.1 Å². The number of carbonyl (C=O) groups excluding carboxylic acids is 1. The highest BCUT2D eigenvalue weighted by Gasteiger charge is 2.21. The Hall–Kier alpha value is -1.26. The Labute approximate surface area is 126 Å². The van der Waals surface area contributed by atoms with E-state index in [2.05, 4.69) is 10.6 Å². The van der Waals surface area contributed by atoms with Crippen molar-refractivity contribution in [2.45, 2.75) is 32.8 Å². The second kappa shape index (κ2) is 8.12. The van der Waals surface area contributed by atoms with Gasteiger partial charge in [0, 0.05) is 6.54 Å². The second-order valence-electron chi connectivity index (χ2n) is 5.20. The van der Waals surface area contributed by atoms with Crippen LogP contribution in [0.4, 0.5) is 5.69 Å². The van der Waals surface area contributed by atoms with Gasteiger partial charge in [-0.05, 0) is 45.4 Å². The second-order valence-corrected chi connectivity index (χ2v) is 5.20. The van der Waals surface area contributed by atoms with Gasteiger partial charge in [0.05, 0.1) is 17.7 Å². The molecule has 1 amide bonds. The molecule has 112 valence electrons. The van der Waals surface area contributed by atoms with Crippen molar-refractivity contribution in [1.29, 1.82) is 0 Å². The largest absolute Gasteiger partial charge is 0.489 e. The number of nitrogens with one attached hydrogen (secondary N) is 2. The fraction of sp³-hybridized carbons (Fsp3) is 0.533. The van der Waals surface area contributed by atoms with E-state index in [1.54, 1.807) is 0 Å². The van der Waals surface area contributed by atoms with Crippen molar-refractivity contribution < 1.29 is 9.53 Å². The van der Waals surface area contributed by atoms with Crippen LogP contribution in [-0.2, 0) is 4.79 Å². The van der Waals surface area contributed by atoms with Crippen LogP contribution in [0, 0.1) is 5.92 Å². The summed E-state index contributed by atoms with van der Waals surface area (Å²) < 4.78 is 5.70. The normalized spacial score (nSPS) is 18.2. The first-order valence-corrected chi connectivity index (χ1v) is 6.94. The minimum absolute atomic E-state index is 0. The minimum Gasteiger partial charge on any atom is -0.489 e. The summed E-state index contributed by atoms with van der Waals surface area (Å²) in [6.45, 7) is 5.73. The van der Waals surface area contributed by atoms with Crippen LogP contribution >= 0.6 is 12.4 Å². The van der Waals surface area contributed by atoms with Crippen molar-refractivity contribution in [2.24, 2.45) is 5.92 Å². The summed E-state index contributed by atoms with van der Waals surface area (Å²) in [4.78, 5) is 12.2. The van der Waals surface area contributed by atoms with Crippen LogP contribution in [0.25, 0.3) is 0 Å². The number of piperidine rings is 1. The van der Waals surface area contributed by atoms with E-state index in [1.165, 1.54) is 0 Å². The van der Waals surface area contributed by atoms with Crippen LogP contribution in [0.2, 0.25) is 0 Å². The molecule has 0 bridgehead atoms. The molecular weight excluding hydrogens is 276 g/mol. The summed E-state index contributed by atoms with van der Waals surface area (Å²) in [6.07, 6.45) is 2.10. The number of ether oxygens (including phenoxy) is 1. The molecule has 4 nitrogen and oxygen atoms in total. The predicted molar refractivity (Wildman–Crippen MR) is 83.7 cm³/mol. The summed E-state index contributed by atoms with van der Waals surface area (Å²) in [7, 11) is 0. The lowest BCUT2D eigenvalue weighted by atomic mass is 9.99. The van der Waals surface area contributed by atoms with Crippen molar-refractivity contribution >= 4 is 24.0 Å². The highest BCUT2D eigenvalue weighted by molar-refractivity contribution is 5.94. The molecular formula is C15H23ClN2O2. The molecule has 5 heteroatoms. The molecule has 0 radical (unpaired) electrons. The van der Waals surface area contributed by atoms with Gasteiger partial charge in [-0.1, -0.05) is 12.1 Å². The number of amides is 1. The third kappa shape index (κ3) is 4.69. The lowest BCUT2D eigenvalue weighted by Gasteiger charge is -2.22. The van der Waals surface area contributed by atoms with Crippen LogP contribution in [0.15, 0.2) is 24.3 Å². The number of rotatable bonds is 4. The van der Waals surface area contributed by atoms with Gasteiger partial charge in [0.25, 0.3) is 0 Å². The summed E-state index contributed by atoms with van der Waals surface area (Å²) in [5, 5.41) is 6.24. The molecule has 0 saturated carbocycles. The maximum Gasteiger partial charge on any atom is 0.228 e. The fourth-order valence-electron chi connectivity index (χ4n) is 2.24. The Bertz CT molecular complexity index is 432. The van der Waals surface area contributed by atoms with Gasteiger partial charge >= 0.3 is 0 Å². The minimum atomic E-state index is 0. The summed E-state index contributed by atoms with van der Waals surface area (Å²) in [6, 6.07) is 7.58. The van der Waals surface area contributed by atoms with E-state index in [-0.39, 0.29) is 30.3 Å². The molecule has 1 saturated heterocycles. The Morgan fingerprint density at radius 1 is 1.40 bits per heavy atom. The maximum atomic E-state index is 12.2. The number of benzene rings is 1. The van der Waals surface area contributed by atoms with Crippen LogP contribution < -0.4 is 15.4 Å². The molecule has 0 unspecified atom stereocenters. The lowest BCUT2D eigenvalue weighted by molar-refractivity contribution is -0.120.